The number of hydrogen-bond acceptors (Lipinski definition) is 3. The second kappa shape index (κ2) is 10.1. The third-order valence-corrected chi connectivity index (χ3v) is 3.85. The van der Waals surface area contributed by atoms with Gasteiger partial charge in [0, 0.05) is 0 Å². The predicted octanol–water partition coefficient (Wildman–Crippen LogP) is 3.78. The van der Waals surface area contributed by atoms with Crippen LogP contribution in [0.4, 0.5) is 4.79 Å². The van der Waals surface area contributed by atoms with Gasteiger partial charge in [0.25, 0.3) is 0 Å². The van der Waals surface area contributed by atoms with Crippen LogP contribution in [0.25, 0.3) is 0 Å². The van der Waals surface area contributed by atoms with E-state index in [0.29, 0.717) is 12.8 Å². The van der Waals surface area contributed by atoms with E-state index in [1.165, 1.54) is 5.56 Å². The molecule has 2 aromatic rings. The Balaban J connectivity index is 1.70. The normalized spacial score (nSPS) is 11.5. The van der Waals surface area contributed by atoms with E-state index in [2.05, 4.69) is 5.32 Å². The zero-order valence-corrected chi connectivity index (χ0v) is 14.1. The Kier molecular flexibility index (Phi) is 7.50. The van der Waals surface area contributed by atoms with Crippen molar-refractivity contribution in [3.63, 3.8) is 0 Å². The van der Waals surface area contributed by atoms with Crippen molar-refractivity contribution in [2.75, 3.05) is 0 Å². The number of rotatable bonds is 9. The van der Waals surface area contributed by atoms with Crippen LogP contribution in [0.2, 0.25) is 0 Å². The SMILES string of the molecule is O=C(N[C@@H](CCCCc1ccccc1)C(=O)O)OCc1ccccc1. The summed E-state index contributed by atoms with van der Waals surface area (Å²) in [7, 11) is 0. The summed E-state index contributed by atoms with van der Waals surface area (Å²) in [6.45, 7) is 0.118. The molecule has 2 N–H and O–H groups in total. The van der Waals surface area contributed by atoms with Gasteiger partial charge in [0.15, 0.2) is 0 Å². The first-order chi connectivity index (χ1) is 12.1. The molecule has 25 heavy (non-hydrogen) atoms. The van der Waals surface area contributed by atoms with Crippen LogP contribution in [0.5, 0.6) is 0 Å². The minimum absolute atomic E-state index is 0.118. The van der Waals surface area contributed by atoms with Crippen molar-refractivity contribution in [3.05, 3.63) is 71.8 Å². The van der Waals surface area contributed by atoms with E-state index in [1.807, 2.05) is 60.7 Å². The number of carboxylic acids is 1. The van der Waals surface area contributed by atoms with E-state index in [9.17, 15) is 14.7 Å². The van der Waals surface area contributed by atoms with Gasteiger partial charge < -0.3 is 15.2 Å². The molecular weight excluding hydrogens is 318 g/mol. The van der Waals surface area contributed by atoms with Crippen LogP contribution >= 0.6 is 0 Å². The molecule has 0 aliphatic heterocycles. The molecule has 0 unspecified atom stereocenters. The maximum absolute atomic E-state index is 11.8. The maximum atomic E-state index is 11.8. The summed E-state index contributed by atoms with van der Waals surface area (Å²) < 4.78 is 5.07. The van der Waals surface area contributed by atoms with Gasteiger partial charge >= 0.3 is 12.1 Å². The number of benzene rings is 2. The number of aliphatic carboxylic acids is 1. The lowest BCUT2D eigenvalue weighted by atomic mass is 10.0. The lowest BCUT2D eigenvalue weighted by Crippen LogP contribution is -2.41. The molecule has 1 atom stereocenters. The first kappa shape index (κ1) is 18.5. The summed E-state index contributed by atoms with van der Waals surface area (Å²) in [5.74, 6) is -1.05. The van der Waals surface area contributed by atoms with E-state index in [1.54, 1.807) is 0 Å². The van der Waals surface area contributed by atoms with Crippen LogP contribution in [-0.2, 0) is 22.6 Å². The van der Waals surface area contributed by atoms with Gasteiger partial charge in [-0.1, -0.05) is 67.1 Å². The summed E-state index contributed by atoms with van der Waals surface area (Å²) >= 11 is 0. The van der Waals surface area contributed by atoms with Crippen LogP contribution in [-0.4, -0.2) is 23.2 Å². The standard InChI is InChI=1S/C20H23NO4/c22-19(23)18(14-8-7-11-16-9-3-1-4-10-16)21-20(24)25-15-17-12-5-2-6-13-17/h1-6,9-10,12-13,18H,7-8,11,14-15H2,(H,21,24)(H,22,23)/t18-/m0/s1. The molecule has 0 bridgehead atoms. The van der Waals surface area contributed by atoms with E-state index < -0.39 is 18.1 Å². The topological polar surface area (TPSA) is 75.6 Å². The molecule has 0 aromatic heterocycles. The fourth-order valence-corrected chi connectivity index (χ4v) is 2.49. The maximum Gasteiger partial charge on any atom is 0.408 e. The number of amides is 1. The third kappa shape index (κ3) is 7.08. The average Bonchev–Trinajstić information content (AvgIpc) is 2.64. The van der Waals surface area contributed by atoms with Gasteiger partial charge in [0.05, 0.1) is 0 Å². The van der Waals surface area contributed by atoms with E-state index >= 15 is 0 Å². The van der Waals surface area contributed by atoms with Crippen LogP contribution in [0, 0.1) is 0 Å². The number of alkyl carbamates (subject to hydrolysis) is 1. The Morgan fingerprint density at radius 2 is 1.52 bits per heavy atom. The molecule has 0 radical (unpaired) electrons. The number of nitrogens with one attached hydrogen (secondary N) is 1. The molecular formula is C20H23NO4. The smallest absolute Gasteiger partial charge is 0.408 e. The Labute approximate surface area is 147 Å². The van der Waals surface area contributed by atoms with Gasteiger partial charge in [-0.25, -0.2) is 9.59 Å². The van der Waals surface area contributed by atoms with Crippen molar-refractivity contribution < 1.29 is 19.4 Å². The fourth-order valence-electron chi connectivity index (χ4n) is 2.49. The van der Waals surface area contributed by atoms with Gasteiger partial charge in [0.1, 0.15) is 12.6 Å². The summed E-state index contributed by atoms with van der Waals surface area (Å²) in [5.41, 5.74) is 2.08. The van der Waals surface area contributed by atoms with Crippen LogP contribution in [0.1, 0.15) is 30.4 Å². The monoisotopic (exact) mass is 341 g/mol. The molecule has 1 amide bonds. The molecule has 2 rings (SSSR count). The average molecular weight is 341 g/mol. The van der Waals surface area contributed by atoms with Crippen molar-refractivity contribution >= 4 is 12.1 Å². The van der Waals surface area contributed by atoms with Crippen LogP contribution in [0.3, 0.4) is 0 Å². The molecule has 0 aliphatic rings. The van der Waals surface area contributed by atoms with Gasteiger partial charge in [-0.05, 0) is 30.4 Å². The Morgan fingerprint density at radius 3 is 2.12 bits per heavy atom. The van der Waals surface area contributed by atoms with Crippen molar-refractivity contribution in [2.45, 2.75) is 38.3 Å². The zero-order valence-electron chi connectivity index (χ0n) is 14.1. The Hall–Kier alpha value is -2.82. The molecule has 2 aromatic carbocycles. The molecule has 132 valence electrons. The summed E-state index contributed by atoms with van der Waals surface area (Å²) in [4.78, 5) is 23.1. The second-order valence-corrected chi connectivity index (χ2v) is 5.83. The minimum atomic E-state index is -1.05. The molecule has 0 aliphatic carbocycles. The van der Waals surface area contributed by atoms with Gasteiger partial charge in [-0.3, -0.25) is 0 Å². The molecule has 0 heterocycles. The summed E-state index contributed by atoms with van der Waals surface area (Å²) in [6, 6.07) is 18.4. The van der Waals surface area contributed by atoms with Gasteiger partial charge in [-0.2, -0.15) is 0 Å². The Morgan fingerprint density at radius 1 is 0.920 bits per heavy atom. The number of carbonyl (C=O) groups excluding carboxylic acids is 1. The molecule has 5 heteroatoms. The van der Waals surface area contributed by atoms with Crippen molar-refractivity contribution in [1.29, 1.82) is 0 Å². The number of hydrogen-bond donors (Lipinski definition) is 2. The van der Waals surface area contributed by atoms with Crippen molar-refractivity contribution in [1.82, 2.24) is 5.32 Å². The van der Waals surface area contributed by atoms with Crippen molar-refractivity contribution in [3.8, 4) is 0 Å². The molecule has 0 saturated carbocycles. The lowest BCUT2D eigenvalue weighted by Gasteiger charge is -2.14. The minimum Gasteiger partial charge on any atom is -0.480 e. The highest BCUT2D eigenvalue weighted by Crippen LogP contribution is 2.09. The van der Waals surface area contributed by atoms with E-state index in [0.717, 1.165) is 18.4 Å². The fraction of sp³-hybridized carbons (Fsp3) is 0.300. The number of aryl methyl sites for hydroxylation is 1. The lowest BCUT2D eigenvalue weighted by molar-refractivity contribution is -0.139. The highest BCUT2D eigenvalue weighted by Gasteiger charge is 2.20. The van der Waals surface area contributed by atoms with Crippen LogP contribution in [0.15, 0.2) is 60.7 Å². The molecule has 0 saturated heterocycles. The first-order valence-corrected chi connectivity index (χ1v) is 8.39. The predicted molar refractivity (Wildman–Crippen MR) is 95.2 cm³/mol. The number of unbranched alkanes of at least 4 members (excludes halogenated alkanes) is 1. The highest BCUT2D eigenvalue weighted by molar-refractivity contribution is 5.79. The second-order valence-electron chi connectivity index (χ2n) is 5.83. The number of ether oxygens (including phenoxy) is 1. The Bertz CT molecular complexity index is 658. The zero-order chi connectivity index (χ0) is 17.9. The first-order valence-electron chi connectivity index (χ1n) is 8.39. The quantitative estimate of drug-likeness (QED) is 0.681. The molecule has 0 spiro atoms. The van der Waals surface area contributed by atoms with Crippen LogP contribution < -0.4 is 5.32 Å². The van der Waals surface area contributed by atoms with Crippen molar-refractivity contribution in [2.24, 2.45) is 0 Å². The summed E-state index contributed by atoms with van der Waals surface area (Å²) in [5, 5.41) is 11.7. The number of carbonyl (C=O) groups is 2. The van der Waals surface area contributed by atoms with Gasteiger partial charge in [0.2, 0.25) is 0 Å². The summed E-state index contributed by atoms with van der Waals surface area (Å²) in [6.07, 6.45) is 2.15. The number of carboxylic acid groups (broad SMARTS) is 1. The molecule has 5 nitrogen and oxygen atoms in total. The van der Waals surface area contributed by atoms with E-state index in [-0.39, 0.29) is 6.61 Å². The highest BCUT2D eigenvalue weighted by atomic mass is 16.5. The van der Waals surface area contributed by atoms with E-state index in [4.69, 9.17) is 4.74 Å². The molecule has 0 fully saturated rings. The third-order valence-electron chi connectivity index (χ3n) is 3.85. The largest absolute Gasteiger partial charge is 0.480 e. The van der Waals surface area contributed by atoms with Gasteiger partial charge in [-0.15, -0.1) is 0 Å².